The van der Waals surface area contributed by atoms with Crippen molar-refractivity contribution >= 4 is 17.3 Å². The molecule has 1 heterocycles. The van der Waals surface area contributed by atoms with Gasteiger partial charge in [-0.3, -0.25) is 4.79 Å². The molecule has 1 amide bonds. The van der Waals surface area contributed by atoms with Gasteiger partial charge in [-0.05, 0) is 38.8 Å². The number of amides is 1. The second kappa shape index (κ2) is 4.01. The smallest absolute Gasteiger partial charge is 0.230 e. The summed E-state index contributed by atoms with van der Waals surface area (Å²) in [4.78, 5) is 14.5. The number of nitrogens with zero attached hydrogens (tertiary/aromatic N) is 1. The third-order valence-electron chi connectivity index (χ3n) is 3.94. The summed E-state index contributed by atoms with van der Waals surface area (Å²) in [5.74, 6) is 0.565. The minimum absolute atomic E-state index is 0.0617. The summed E-state index contributed by atoms with van der Waals surface area (Å²) < 4.78 is 0. The Kier molecular flexibility index (Phi) is 2.58. The van der Waals surface area contributed by atoms with Gasteiger partial charge in [-0.15, -0.1) is 0 Å². The number of hydrogen-bond acceptors (Lipinski definition) is 2. The zero-order chi connectivity index (χ0) is 12.8. The van der Waals surface area contributed by atoms with E-state index in [1.165, 1.54) is 6.42 Å². The molecule has 0 bridgehead atoms. The lowest BCUT2D eigenvalue weighted by molar-refractivity contribution is -0.124. The number of fused-ring (bicyclic) bond motifs is 1. The standard InChI is InChI=1S/C15H20N2O/c1-15(2)10-17(14(18)11-6-5-7-11)13-9-4-3-8-12(13)16-15/h3-4,8-9,11,16H,5-7,10H2,1-2H3. The van der Waals surface area contributed by atoms with Gasteiger partial charge in [0.15, 0.2) is 0 Å². The van der Waals surface area contributed by atoms with Crippen molar-refractivity contribution in [3.8, 4) is 0 Å². The maximum atomic E-state index is 12.5. The molecule has 1 aliphatic carbocycles. The van der Waals surface area contributed by atoms with Gasteiger partial charge in [-0.2, -0.15) is 0 Å². The van der Waals surface area contributed by atoms with E-state index in [4.69, 9.17) is 0 Å². The van der Waals surface area contributed by atoms with Crippen molar-refractivity contribution in [3.63, 3.8) is 0 Å². The topological polar surface area (TPSA) is 32.3 Å². The van der Waals surface area contributed by atoms with Gasteiger partial charge in [0.25, 0.3) is 0 Å². The Morgan fingerprint density at radius 1 is 1.33 bits per heavy atom. The SMILES string of the molecule is CC1(C)CN(C(=O)C2CCC2)c2ccccc2N1. The first-order valence-electron chi connectivity index (χ1n) is 6.75. The van der Waals surface area contributed by atoms with Crippen LogP contribution in [0.2, 0.25) is 0 Å². The van der Waals surface area contributed by atoms with E-state index in [0.717, 1.165) is 30.8 Å². The lowest BCUT2D eigenvalue weighted by Gasteiger charge is -2.43. The average molecular weight is 244 g/mol. The number of anilines is 2. The van der Waals surface area contributed by atoms with E-state index in [9.17, 15) is 4.79 Å². The van der Waals surface area contributed by atoms with E-state index < -0.39 is 0 Å². The number of rotatable bonds is 1. The van der Waals surface area contributed by atoms with Crippen LogP contribution in [0.5, 0.6) is 0 Å². The van der Waals surface area contributed by atoms with Gasteiger partial charge >= 0.3 is 0 Å². The monoisotopic (exact) mass is 244 g/mol. The molecule has 96 valence electrons. The second-order valence-corrected chi connectivity index (χ2v) is 6.08. The van der Waals surface area contributed by atoms with E-state index in [-0.39, 0.29) is 11.5 Å². The molecule has 1 aromatic rings. The lowest BCUT2D eigenvalue weighted by Crippen LogP contribution is -2.52. The van der Waals surface area contributed by atoms with Crippen LogP contribution >= 0.6 is 0 Å². The average Bonchev–Trinajstić information content (AvgIpc) is 2.24. The van der Waals surface area contributed by atoms with Crippen LogP contribution in [0.1, 0.15) is 33.1 Å². The van der Waals surface area contributed by atoms with Crippen molar-refractivity contribution in [2.45, 2.75) is 38.6 Å². The van der Waals surface area contributed by atoms with Gasteiger partial charge in [-0.1, -0.05) is 18.6 Å². The molecule has 0 saturated heterocycles. The summed E-state index contributed by atoms with van der Waals surface area (Å²) in [7, 11) is 0. The highest BCUT2D eigenvalue weighted by Gasteiger charge is 2.37. The molecule has 3 nitrogen and oxygen atoms in total. The number of hydrogen-bond donors (Lipinski definition) is 1. The Hall–Kier alpha value is -1.51. The van der Waals surface area contributed by atoms with E-state index >= 15 is 0 Å². The fourth-order valence-corrected chi connectivity index (χ4v) is 2.77. The van der Waals surface area contributed by atoms with Crippen molar-refractivity contribution in [2.24, 2.45) is 5.92 Å². The maximum Gasteiger partial charge on any atom is 0.230 e. The van der Waals surface area contributed by atoms with Crippen LogP contribution in [-0.4, -0.2) is 18.0 Å². The molecule has 0 spiro atoms. The number of nitrogens with one attached hydrogen (secondary N) is 1. The largest absolute Gasteiger partial charge is 0.377 e. The molecular weight excluding hydrogens is 224 g/mol. The van der Waals surface area contributed by atoms with Crippen molar-refractivity contribution < 1.29 is 4.79 Å². The highest BCUT2D eigenvalue weighted by atomic mass is 16.2. The molecule has 1 fully saturated rings. The Morgan fingerprint density at radius 2 is 2.06 bits per heavy atom. The summed E-state index contributed by atoms with van der Waals surface area (Å²) in [5.41, 5.74) is 2.04. The molecule has 0 aromatic heterocycles. The minimum Gasteiger partial charge on any atom is -0.377 e. The quantitative estimate of drug-likeness (QED) is 0.823. The van der Waals surface area contributed by atoms with E-state index in [0.29, 0.717) is 5.91 Å². The Labute approximate surface area is 108 Å². The number of carbonyl (C=O) groups is 1. The molecule has 0 atom stereocenters. The molecule has 0 unspecified atom stereocenters. The summed E-state index contributed by atoms with van der Waals surface area (Å²) in [6, 6.07) is 8.10. The third kappa shape index (κ3) is 1.88. The molecule has 1 saturated carbocycles. The predicted molar refractivity (Wildman–Crippen MR) is 73.8 cm³/mol. The fraction of sp³-hybridized carbons (Fsp3) is 0.533. The van der Waals surface area contributed by atoms with Crippen molar-refractivity contribution in [2.75, 3.05) is 16.8 Å². The van der Waals surface area contributed by atoms with E-state index in [1.807, 2.05) is 23.1 Å². The molecule has 1 N–H and O–H groups in total. The zero-order valence-electron chi connectivity index (χ0n) is 11.1. The molecule has 2 aliphatic rings. The molecule has 0 radical (unpaired) electrons. The van der Waals surface area contributed by atoms with Gasteiger partial charge in [0, 0.05) is 18.0 Å². The van der Waals surface area contributed by atoms with E-state index in [2.05, 4.69) is 25.2 Å². The van der Waals surface area contributed by atoms with Crippen LogP contribution in [0.15, 0.2) is 24.3 Å². The Balaban J connectivity index is 1.95. The summed E-state index contributed by atoms with van der Waals surface area (Å²) in [6.45, 7) is 5.04. The van der Waals surface area contributed by atoms with Crippen LogP contribution in [0.4, 0.5) is 11.4 Å². The molecule has 3 heteroatoms. The van der Waals surface area contributed by atoms with Crippen molar-refractivity contribution in [1.82, 2.24) is 0 Å². The normalized spacial score (nSPS) is 21.8. The molecular formula is C15H20N2O. The van der Waals surface area contributed by atoms with Gasteiger partial charge in [0.2, 0.25) is 5.91 Å². The molecule has 3 rings (SSSR count). The van der Waals surface area contributed by atoms with Crippen LogP contribution in [0.3, 0.4) is 0 Å². The van der Waals surface area contributed by atoms with Gasteiger partial charge in [0.05, 0.1) is 11.4 Å². The summed E-state index contributed by atoms with van der Waals surface area (Å²) in [5, 5.41) is 3.50. The minimum atomic E-state index is -0.0617. The first kappa shape index (κ1) is 11.6. The molecule has 1 aliphatic heterocycles. The van der Waals surface area contributed by atoms with E-state index in [1.54, 1.807) is 0 Å². The van der Waals surface area contributed by atoms with Gasteiger partial charge < -0.3 is 10.2 Å². The van der Waals surface area contributed by atoms with Crippen molar-refractivity contribution in [3.05, 3.63) is 24.3 Å². The number of para-hydroxylation sites is 2. The predicted octanol–water partition coefficient (Wildman–Crippen LogP) is 3.02. The molecule has 18 heavy (non-hydrogen) atoms. The van der Waals surface area contributed by atoms with Gasteiger partial charge in [0.1, 0.15) is 0 Å². The van der Waals surface area contributed by atoms with Gasteiger partial charge in [-0.25, -0.2) is 0 Å². The Morgan fingerprint density at radius 3 is 2.72 bits per heavy atom. The van der Waals surface area contributed by atoms with Crippen LogP contribution in [0.25, 0.3) is 0 Å². The second-order valence-electron chi connectivity index (χ2n) is 6.08. The third-order valence-corrected chi connectivity index (χ3v) is 3.94. The highest BCUT2D eigenvalue weighted by Crippen LogP contribution is 2.37. The maximum absolute atomic E-state index is 12.5. The summed E-state index contributed by atoms with van der Waals surface area (Å²) in [6.07, 6.45) is 3.32. The van der Waals surface area contributed by atoms with Crippen LogP contribution < -0.4 is 10.2 Å². The Bertz CT molecular complexity index is 477. The molecule has 1 aromatic carbocycles. The fourth-order valence-electron chi connectivity index (χ4n) is 2.77. The number of benzene rings is 1. The first-order chi connectivity index (χ1) is 8.57. The zero-order valence-corrected chi connectivity index (χ0v) is 11.1. The number of carbonyl (C=O) groups excluding carboxylic acids is 1. The first-order valence-corrected chi connectivity index (χ1v) is 6.75. The van der Waals surface area contributed by atoms with Crippen LogP contribution in [-0.2, 0) is 4.79 Å². The van der Waals surface area contributed by atoms with Crippen LogP contribution in [0, 0.1) is 5.92 Å². The summed E-state index contributed by atoms with van der Waals surface area (Å²) >= 11 is 0. The highest BCUT2D eigenvalue weighted by molar-refractivity contribution is 5.99. The lowest BCUT2D eigenvalue weighted by atomic mass is 9.83. The van der Waals surface area contributed by atoms with Crippen molar-refractivity contribution in [1.29, 1.82) is 0 Å².